The third-order valence-corrected chi connectivity index (χ3v) is 6.07. The first-order chi connectivity index (χ1) is 12.6. The number of hydrogen-bond acceptors (Lipinski definition) is 4. The Labute approximate surface area is 161 Å². The number of piperidine rings is 1. The lowest BCUT2D eigenvalue weighted by Crippen LogP contribution is -2.48. The number of amides is 1. The van der Waals surface area contributed by atoms with E-state index in [9.17, 15) is 4.79 Å². The van der Waals surface area contributed by atoms with Gasteiger partial charge in [0.05, 0.1) is 6.04 Å². The summed E-state index contributed by atoms with van der Waals surface area (Å²) >= 11 is 6.26. The van der Waals surface area contributed by atoms with Gasteiger partial charge in [-0.05, 0) is 62.2 Å². The van der Waals surface area contributed by atoms with E-state index in [1.807, 2.05) is 18.2 Å². The van der Waals surface area contributed by atoms with Crippen molar-refractivity contribution in [2.24, 2.45) is 17.6 Å². The summed E-state index contributed by atoms with van der Waals surface area (Å²) in [4.78, 5) is 14.8. The van der Waals surface area contributed by atoms with Crippen molar-refractivity contribution in [2.45, 2.75) is 38.3 Å². The summed E-state index contributed by atoms with van der Waals surface area (Å²) in [5.41, 5.74) is 7.33. The van der Waals surface area contributed by atoms with Crippen LogP contribution in [-0.4, -0.2) is 49.7 Å². The highest BCUT2D eigenvalue weighted by Gasteiger charge is 2.27. The average molecular weight is 380 g/mol. The van der Waals surface area contributed by atoms with Crippen molar-refractivity contribution in [3.63, 3.8) is 0 Å². The molecule has 1 amide bonds. The van der Waals surface area contributed by atoms with Crippen LogP contribution in [0.25, 0.3) is 0 Å². The first kappa shape index (κ1) is 19.6. The number of carbonyl (C=O) groups is 1. The molecule has 2 saturated heterocycles. The van der Waals surface area contributed by atoms with E-state index < -0.39 is 6.04 Å². The molecule has 2 fully saturated rings. The molecule has 0 bridgehead atoms. The van der Waals surface area contributed by atoms with Crippen molar-refractivity contribution in [3.05, 3.63) is 34.9 Å². The quantitative estimate of drug-likeness (QED) is 0.796. The van der Waals surface area contributed by atoms with E-state index in [1.165, 1.54) is 5.56 Å². The van der Waals surface area contributed by atoms with Crippen LogP contribution in [0.1, 0.15) is 31.2 Å². The van der Waals surface area contributed by atoms with Gasteiger partial charge in [0.25, 0.3) is 0 Å². The smallest absolute Gasteiger partial charge is 0.237 e. The predicted molar refractivity (Wildman–Crippen MR) is 104 cm³/mol. The lowest BCUT2D eigenvalue weighted by Gasteiger charge is -2.33. The van der Waals surface area contributed by atoms with Crippen molar-refractivity contribution in [3.8, 4) is 0 Å². The fourth-order valence-corrected chi connectivity index (χ4v) is 4.06. The van der Waals surface area contributed by atoms with Crippen LogP contribution in [0.2, 0.25) is 5.02 Å². The lowest BCUT2D eigenvalue weighted by molar-refractivity contribution is -0.124. The number of hydrogen-bond donors (Lipinski definition) is 2. The van der Waals surface area contributed by atoms with Crippen LogP contribution in [0, 0.1) is 11.8 Å². The molecule has 1 aromatic carbocycles. The number of rotatable bonds is 6. The minimum Gasteiger partial charge on any atom is -0.381 e. The molecule has 2 heterocycles. The predicted octanol–water partition coefficient (Wildman–Crippen LogP) is 2.42. The van der Waals surface area contributed by atoms with Crippen LogP contribution in [0.5, 0.6) is 0 Å². The minimum absolute atomic E-state index is 0.00426. The molecule has 3 rings (SSSR count). The van der Waals surface area contributed by atoms with Gasteiger partial charge >= 0.3 is 0 Å². The molecular formula is C20H30ClN3O2. The van der Waals surface area contributed by atoms with Crippen molar-refractivity contribution in [1.82, 2.24) is 10.2 Å². The summed E-state index contributed by atoms with van der Waals surface area (Å²) < 4.78 is 5.34. The number of carbonyl (C=O) groups excluding carboxylic acids is 1. The Kier molecular flexibility index (Phi) is 7.32. The van der Waals surface area contributed by atoms with Gasteiger partial charge in [-0.25, -0.2) is 0 Å². The third-order valence-electron chi connectivity index (χ3n) is 5.70. The van der Waals surface area contributed by atoms with Crippen molar-refractivity contribution >= 4 is 17.5 Å². The van der Waals surface area contributed by atoms with Crippen LogP contribution >= 0.6 is 11.6 Å². The zero-order valence-corrected chi connectivity index (χ0v) is 16.1. The Morgan fingerprint density at radius 3 is 2.62 bits per heavy atom. The van der Waals surface area contributed by atoms with Gasteiger partial charge in [0, 0.05) is 31.3 Å². The highest BCUT2D eigenvalue weighted by Crippen LogP contribution is 2.22. The first-order valence-corrected chi connectivity index (χ1v) is 10.1. The molecule has 2 aliphatic heterocycles. The maximum atomic E-state index is 12.3. The monoisotopic (exact) mass is 379 g/mol. The van der Waals surface area contributed by atoms with E-state index >= 15 is 0 Å². The molecule has 1 atom stereocenters. The highest BCUT2D eigenvalue weighted by atomic mass is 35.5. The first-order valence-electron chi connectivity index (χ1n) is 9.70. The number of nitrogens with zero attached hydrogens (tertiary/aromatic N) is 1. The van der Waals surface area contributed by atoms with Gasteiger partial charge < -0.3 is 15.8 Å². The van der Waals surface area contributed by atoms with E-state index in [0.29, 0.717) is 5.92 Å². The van der Waals surface area contributed by atoms with Gasteiger partial charge in [-0.2, -0.15) is 0 Å². The second-order valence-electron chi connectivity index (χ2n) is 7.53. The standard InChI is InChI=1S/C20H30ClN3O2/c21-18-4-2-1-3-17(18)14-24-9-5-15(6-10-24)13-23-20(25)19(22)16-7-11-26-12-8-16/h1-4,15-16,19H,5-14,22H2,(H,23,25). The number of halogens is 1. The van der Waals surface area contributed by atoms with E-state index in [1.54, 1.807) is 0 Å². The fourth-order valence-electron chi connectivity index (χ4n) is 3.87. The fraction of sp³-hybridized carbons (Fsp3) is 0.650. The molecule has 0 spiro atoms. The molecule has 2 aliphatic rings. The average Bonchev–Trinajstić information content (AvgIpc) is 2.69. The molecule has 5 nitrogen and oxygen atoms in total. The van der Waals surface area contributed by atoms with E-state index in [4.69, 9.17) is 22.1 Å². The molecule has 0 aromatic heterocycles. The van der Waals surface area contributed by atoms with Crippen LogP contribution in [-0.2, 0) is 16.1 Å². The number of nitrogens with one attached hydrogen (secondary N) is 1. The van der Waals surface area contributed by atoms with Crippen LogP contribution in [0.4, 0.5) is 0 Å². The van der Waals surface area contributed by atoms with Crippen molar-refractivity contribution in [1.29, 1.82) is 0 Å². The zero-order valence-electron chi connectivity index (χ0n) is 15.3. The van der Waals surface area contributed by atoms with E-state index in [-0.39, 0.29) is 11.8 Å². The second kappa shape index (κ2) is 9.70. The maximum Gasteiger partial charge on any atom is 0.237 e. The Balaban J connectivity index is 1.37. The summed E-state index contributed by atoms with van der Waals surface area (Å²) in [7, 11) is 0. The molecule has 0 radical (unpaired) electrons. The summed E-state index contributed by atoms with van der Waals surface area (Å²) in [5.74, 6) is 0.778. The summed E-state index contributed by atoms with van der Waals surface area (Å²) in [6.45, 7) is 5.14. The van der Waals surface area contributed by atoms with Crippen LogP contribution in [0.15, 0.2) is 24.3 Å². The van der Waals surface area contributed by atoms with Crippen molar-refractivity contribution in [2.75, 3.05) is 32.8 Å². The van der Waals surface area contributed by atoms with Gasteiger partial charge in [0.2, 0.25) is 5.91 Å². The normalized spacial score (nSPS) is 21.5. The minimum atomic E-state index is -0.404. The molecule has 1 unspecified atom stereocenters. The molecule has 26 heavy (non-hydrogen) atoms. The van der Waals surface area contributed by atoms with E-state index in [0.717, 1.165) is 70.1 Å². The summed E-state index contributed by atoms with van der Waals surface area (Å²) in [6, 6.07) is 7.63. The van der Waals surface area contributed by atoms with Crippen LogP contribution in [0.3, 0.4) is 0 Å². The topological polar surface area (TPSA) is 67.6 Å². The second-order valence-corrected chi connectivity index (χ2v) is 7.94. The highest BCUT2D eigenvalue weighted by molar-refractivity contribution is 6.31. The van der Waals surface area contributed by atoms with Gasteiger partial charge in [-0.3, -0.25) is 9.69 Å². The number of ether oxygens (including phenoxy) is 1. The molecule has 0 saturated carbocycles. The molecule has 144 valence electrons. The molecule has 3 N–H and O–H groups in total. The summed E-state index contributed by atoms with van der Waals surface area (Å²) in [6.07, 6.45) is 3.96. The van der Waals surface area contributed by atoms with Gasteiger partial charge in [0.15, 0.2) is 0 Å². The van der Waals surface area contributed by atoms with Gasteiger partial charge in [-0.1, -0.05) is 29.8 Å². The SMILES string of the molecule is NC(C(=O)NCC1CCN(Cc2ccccc2Cl)CC1)C1CCOCC1. The summed E-state index contributed by atoms with van der Waals surface area (Å²) in [5, 5.41) is 3.92. The number of benzene rings is 1. The van der Waals surface area contributed by atoms with Gasteiger partial charge in [0.1, 0.15) is 0 Å². The molecule has 1 aromatic rings. The third kappa shape index (κ3) is 5.43. The van der Waals surface area contributed by atoms with E-state index in [2.05, 4.69) is 16.3 Å². The molecule has 6 heteroatoms. The number of nitrogens with two attached hydrogens (primary N) is 1. The Bertz CT molecular complexity index is 584. The Morgan fingerprint density at radius 2 is 1.92 bits per heavy atom. The molecular weight excluding hydrogens is 350 g/mol. The Hall–Kier alpha value is -1.14. The Morgan fingerprint density at radius 1 is 1.23 bits per heavy atom. The van der Waals surface area contributed by atoms with Crippen LogP contribution < -0.4 is 11.1 Å². The lowest BCUT2D eigenvalue weighted by atomic mass is 9.91. The largest absolute Gasteiger partial charge is 0.381 e. The van der Waals surface area contributed by atoms with Gasteiger partial charge in [-0.15, -0.1) is 0 Å². The zero-order chi connectivity index (χ0) is 18.4. The van der Waals surface area contributed by atoms with Crippen molar-refractivity contribution < 1.29 is 9.53 Å². The molecule has 0 aliphatic carbocycles. The number of likely N-dealkylation sites (tertiary alicyclic amines) is 1. The maximum absolute atomic E-state index is 12.3.